The zero-order valence-electron chi connectivity index (χ0n) is 18.1. The van der Waals surface area contributed by atoms with Crippen molar-refractivity contribution in [2.75, 3.05) is 39.9 Å². The van der Waals surface area contributed by atoms with Crippen molar-refractivity contribution in [1.82, 2.24) is 14.8 Å². The molecule has 2 aliphatic heterocycles. The van der Waals surface area contributed by atoms with Crippen LogP contribution in [-0.2, 0) is 4.79 Å². The molecule has 8 nitrogen and oxygen atoms in total. The van der Waals surface area contributed by atoms with Gasteiger partial charge in [-0.1, -0.05) is 12.1 Å². The van der Waals surface area contributed by atoms with Crippen molar-refractivity contribution >= 4 is 23.2 Å². The van der Waals surface area contributed by atoms with Crippen LogP contribution in [0.15, 0.2) is 53.9 Å². The molecule has 1 atom stereocenters. The Balaban J connectivity index is 1.18. The molecule has 1 aromatic heterocycles. The summed E-state index contributed by atoms with van der Waals surface area (Å²) in [7, 11) is 1.62. The van der Waals surface area contributed by atoms with E-state index in [0.29, 0.717) is 43.4 Å². The molecule has 0 aliphatic carbocycles. The van der Waals surface area contributed by atoms with Gasteiger partial charge in [-0.2, -0.15) is 0 Å². The van der Waals surface area contributed by atoms with Crippen LogP contribution in [0, 0.1) is 0 Å². The normalized spacial score (nSPS) is 17.5. The van der Waals surface area contributed by atoms with E-state index in [4.69, 9.17) is 14.2 Å². The molecule has 9 heteroatoms. The second-order valence-electron chi connectivity index (χ2n) is 7.75. The minimum atomic E-state index is -0.673. The van der Waals surface area contributed by atoms with E-state index in [1.807, 2.05) is 42.5 Å². The smallest absolute Gasteiger partial charge is 0.273 e. The van der Waals surface area contributed by atoms with Crippen LogP contribution in [0.3, 0.4) is 0 Å². The first-order valence-corrected chi connectivity index (χ1v) is 11.6. The third-order valence-corrected chi connectivity index (χ3v) is 6.61. The van der Waals surface area contributed by atoms with Crippen LogP contribution >= 0.6 is 11.3 Å². The van der Waals surface area contributed by atoms with Crippen LogP contribution in [0.1, 0.15) is 10.5 Å². The molecule has 0 N–H and O–H groups in total. The van der Waals surface area contributed by atoms with Gasteiger partial charge in [0.2, 0.25) is 6.10 Å². The maximum atomic E-state index is 13.0. The van der Waals surface area contributed by atoms with E-state index >= 15 is 0 Å². The summed E-state index contributed by atoms with van der Waals surface area (Å²) >= 11 is 1.43. The highest BCUT2D eigenvalue weighted by Crippen LogP contribution is 2.31. The standard InChI is InChI=1S/C24H23N3O5S/c1-30-17-8-6-16(7-9-17)22-25-18(15-33-22)23(28)26-10-12-27(13-11-26)24(29)21-14-31-19-4-2-3-5-20(19)32-21/h2-9,15,21H,10-14H2,1H3. The Kier molecular flexibility index (Phi) is 5.87. The molecule has 2 amide bonds. The predicted octanol–water partition coefficient (Wildman–Crippen LogP) is 2.94. The highest BCUT2D eigenvalue weighted by Gasteiger charge is 2.33. The van der Waals surface area contributed by atoms with Gasteiger partial charge in [0.05, 0.1) is 7.11 Å². The maximum Gasteiger partial charge on any atom is 0.273 e. The molecule has 3 heterocycles. The first-order valence-electron chi connectivity index (χ1n) is 10.7. The Morgan fingerprint density at radius 2 is 1.70 bits per heavy atom. The molecule has 170 valence electrons. The minimum Gasteiger partial charge on any atom is -0.497 e. The van der Waals surface area contributed by atoms with E-state index in [1.54, 1.807) is 28.4 Å². The first kappa shape index (κ1) is 21.3. The summed E-state index contributed by atoms with van der Waals surface area (Å²) in [6.45, 7) is 1.97. The molecule has 2 aliphatic rings. The van der Waals surface area contributed by atoms with E-state index in [-0.39, 0.29) is 18.4 Å². The molecule has 1 unspecified atom stereocenters. The summed E-state index contributed by atoms with van der Waals surface area (Å²) in [4.78, 5) is 33.9. The van der Waals surface area contributed by atoms with Gasteiger partial charge in [0.1, 0.15) is 23.1 Å². The fourth-order valence-electron chi connectivity index (χ4n) is 3.87. The molecular formula is C24H23N3O5S. The summed E-state index contributed by atoms with van der Waals surface area (Å²) in [6, 6.07) is 14.9. The number of para-hydroxylation sites is 2. The maximum absolute atomic E-state index is 13.0. The molecule has 5 rings (SSSR count). The van der Waals surface area contributed by atoms with Crippen LogP contribution in [0.25, 0.3) is 10.6 Å². The summed E-state index contributed by atoms with van der Waals surface area (Å²) < 4.78 is 16.7. The van der Waals surface area contributed by atoms with Crippen LogP contribution in [-0.4, -0.2) is 72.6 Å². The van der Waals surface area contributed by atoms with Gasteiger partial charge in [0.25, 0.3) is 11.8 Å². The summed E-state index contributed by atoms with van der Waals surface area (Å²) in [5, 5.41) is 2.56. The number of fused-ring (bicyclic) bond motifs is 1. The summed E-state index contributed by atoms with van der Waals surface area (Å²) in [5.74, 6) is 1.76. The molecule has 33 heavy (non-hydrogen) atoms. The number of thiazole rings is 1. The molecule has 1 saturated heterocycles. The van der Waals surface area contributed by atoms with Gasteiger partial charge in [0, 0.05) is 37.1 Å². The zero-order valence-corrected chi connectivity index (χ0v) is 18.9. The second kappa shape index (κ2) is 9.11. The van der Waals surface area contributed by atoms with Crippen molar-refractivity contribution < 1.29 is 23.8 Å². The molecule has 3 aromatic rings. The van der Waals surface area contributed by atoms with Gasteiger partial charge in [-0.25, -0.2) is 4.98 Å². The Hall–Kier alpha value is -3.59. The van der Waals surface area contributed by atoms with Crippen LogP contribution < -0.4 is 14.2 Å². The number of carbonyl (C=O) groups excluding carboxylic acids is 2. The number of amides is 2. The van der Waals surface area contributed by atoms with E-state index in [9.17, 15) is 9.59 Å². The Bertz CT molecular complexity index is 1150. The number of carbonyl (C=O) groups is 2. The molecule has 0 saturated carbocycles. The minimum absolute atomic E-state index is 0.118. The number of ether oxygens (including phenoxy) is 3. The number of piperazine rings is 1. The lowest BCUT2D eigenvalue weighted by Gasteiger charge is -2.37. The molecule has 0 radical (unpaired) electrons. The van der Waals surface area contributed by atoms with Crippen molar-refractivity contribution in [3.8, 4) is 27.8 Å². The van der Waals surface area contributed by atoms with Gasteiger partial charge < -0.3 is 24.0 Å². The third-order valence-electron chi connectivity index (χ3n) is 5.72. The lowest BCUT2D eigenvalue weighted by atomic mass is 10.2. The van der Waals surface area contributed by atoms with Crippen molar-refractivity contribution in [2.24, 2.45) is 0 Å². The van der Waals surface area contributed by atoms with Crippen molar-refractivity contribution in [3.63, 3.8) is 0 Å². The third kappa shape index (κ3) is 4.36. The number of aromatic nitrogens is 1. The second-order valence-corrected chi connectivity index (χ2v) is 8.61. The zero-order chi connectivity index (χ0) is 22.8. The van der Waals surface area contributed by atoms with E-state index in [1.165, 1.54) is 11.3 Å². The van der Waals surface area contributed by atoms with Crippen molar-refractivity contribution in [3.05, 3.63) is 59.6 Å². The van der Waals surface area contributed by atoms with E-state index in [0.717, 1.165) is 16.3 Å². The fourth-order valence-corrected chi connectivity index (χ4v) is 4.67. The van der Waals surface area contributed by atoms with Gasteiger partial charge >= 0.3 is 0 Å². The quantitative estimate of drug-likeness (QED) is 0.589. The lowest BCUT2D eigenvalue weighted by Crippen LogP contribution is -2.55. The van der Waals surface area contributed by atoms with Crippen molar-refractivity contribution in [1.29, 1.82) is 0 Å². The summed E-state index contributed by atoms with van der Waals surface area (Å²) in [6.07, 6.45) is -0.673. The fraction of sp³-hybridized carbons (Fsp3) is 0.292. The largest absolute Gasteiger partial charge is 0.497 e. The predicted molar refractivity (Wildman–Crippen MR) is 123 cm³/mol. The SMILES string of the molecule is COc1ccc(-c2nc(C(=O)N3CCN(C(=O)C4COc5ccccc5O4)CC3)cs2)cc1. The number of methoxy groups -OCH3 is 1. The van der Waals surface area contributed by atoms with E-state index < -0.39 is 6.10 Å². The van der Waals surface area contributed by atoms with Crippen molar-refractivity contribution in [2.45, 2.75) is 6.10 Å². The van der Waals surface area contributed by atoms with Gasteiger partial charge in [-0.3, -0.25) is 9.59 Å². The molecule has 2 aromatic carbocycles. The van der Waals surface area contributed by atoms with Crippen LogP contribution in [0.2, 0.25) is 0 Å². The van der Waals surface area contributed by atoms with Gasteiger partial charge in [0.15, 0.2) is 11.5 Å². The molecular weight excluding hydrogens is 442 g/mol. The van der Waals surface area contributed by atoms with Crippen LogP contribution in [0.5, 0.6) is 17.2 Å². The number of hydrogen-bond acceptors (Lipinski definition) is 7. The monoisotopic (exact) mass is 465 g/mol. The number of rotatable bonds is 4. The first-order chi connectivity index (χ1) is 16.1. The Morgan fingerprint density at radius 3 is 2.42 bits per heavy atom. The number of nitrogens with zero attached hydrogens (tertiary/aromatic N) is 3. The van der Waals surface area contributed by atoms with E-state index in [2.05, 4.69) is 4.98 Å². The average Bonchev–Trinajstić information content (AvgIpc) is 3.38. The molecule has 0 spiro atoms. The lowest BCUT2D eigenvalue weighted by molar-refractivity contribution is -0.142. The average molecular weight is 466 g/mol. The Morgan fingerprint density at radius 1 is 1.00 bits per heavy atom. The number of benzene rings is 2. The highest BCUT2D eigenvalue weighted by atomic mass is 32.1. The summed E-state index contributed by atoms with van der Waals surface area (Å²) in [5.41, 5.74) is 1.36. The molecule has 0 bridgehead atoms. The topological polar surface area (TPSA) is 81.2 Å². The Labute approximate surface area is 195 Å². The highest BCUT2D eigenvalue weighted by molar-refractivity contribution is 7.13. The van der Waals surface area contributed by atoms with Gasteiger partial charge in [-0.05, 0) is 36.4 Å². The van der Waals surface area contributed by atoms with Gasteiger partial charge in [-0.15, -0.1) is 11.3 Å². The molecule has 1 fully saturated rings. The van der Waals surface area contributed by atoms with Crippen LogP contribution in [0.4, 0.5) is 0 Å². The number of hydrogen-bond donors (Lipinski definition) is 0.